The Labute approximate surface area is 165 Å². The van der Waals surface area contributed by atoms with Gasteiger partial charge in [0.05, 0.1) is 24.1 Å². The van der Waals surface area contributed by atoms with Crippen molar-refractivity contribution in [2.75, 3.05) is 24.7 Å². The van der Waals surface area contributed by atoms with Crippen molar-refractivity contribution in [1.29, 1.82) is 0 Å². The van der Waals surface area contributed by atoms with Crippen LogP contribution in [0.5, 0.6) is 5.75 Å². The van der Waals surface area contributed by atoms with E-state index in [0.717, 1.165) is 5.56 Å². The van der Waals surface area contributed by atoms with Gasteiger partial charge in [0.15, 0.2) is 5.82 Å². The number of hydrogen-bond acceptors (Lipinski definition) is 7. The van der Waals surface area contributed by atoms with Crippen molar-refractivity contribution in [1.82, 2.24) is 20.2 Å². The number of aromatic nitrogens is 3. The van der Waals surface area contributed by atoms with Gasteiger partial charge in [-0.15, -0.1) is 10.2 Å². The average Bonchev–Trinajstić information content (AvgIpc) is 3.23. The van der Waals surface area contributed by atoms with Gasteiger partial charge in [0, 0.05) is 5.02 Å². The van der Waals surface area contributed by atoms with E-state index in [1.807, 2.05) is 6.92 Å². The molecule has 0 aliphatic rings. The summed E-state index contributed by atoms with van der Waals surface area (Å²) in [6.45, 7) is 2.56. The molecule has 8 nitrogen and oxygen atoms in total. The van der Waals surface area contributed by atoms with Gasteiger partial charge in [0.25, 0.3) is 0 Å². The number of furan rings is 1. The van der Waals surface area contributed by atoms with Crippen molar-refractivity contribution in [2.24, 2.45) is 0 Å². The highest BCUT2D eigenvalue weighted by molar-refractivity contribution is 7.99. The molecule has 3 rings (SSSR count). The van der Waals surface area contributed by atoms with Crippen LogP contribution in [-0.2, 0) is 4.79 Å². The minimum Gasteiger partial charge on any atom is -0.492 e. The van der Waals surface area contributed by atoms with Gasteiger partial charge in [-0.25, -0.2) is 4.68 Å². The van der Waals surface area contributed by atoms with E-state index in [4.69, 9.17) is 26.6 Å². The normalized spacial score (nSPS) is 10.7. The molecular weight excluding hydrogens is 390 g/mol. The number of aryl methyl sites for hydroxylation is 1. The molecule has 0 spiro atoms. The van der Waals surface area contributed by atoms with Gasteiger partial charge in [-0.2, -0.15) is 0 Å². The molecule has 27 heavy (non-hydrogen) atoms. The van der Waals surface area contributed by atoms with Gasteiger partial charge < -0.3 is 20.3 Å². The molecule has 3 aromatic rings. The van der Waals surface area contributed by atoms with Crippen LogP contribution >= 0.6 is 23.4 Å². The van der Waals surface area contributed by atoms with Crippen molar-refractivity contribution in [2.45, 2.75) is 12.1 Å². The highest BCUT2D eigenvalue weighted by Gasteiger charge is 2.16. The molecule has 0 radical (unpaired) electrons. The number of nitrogens with one attached hydrogen (secondary N) is 1. The number of nitrogen functional groups attached to an aromatic ring is 1. The van der Waals surface area contributed by atoms with Crippen LogP contribution in [-0.4, -0.2) is 39.7 Å². The summed E-state index contributed by atoms with van der Waals surface area (Å²) in [5.41, 5.74) is 0.764. The Morgan fingerprint density at radius 3 is 2.81 bits per heavy atom. The average molecular weight is 408 g/mol. The van der Waals surface area contributed by atoms with Gasteiger partial charge in [-0.3, -0.25) is 4.79 Å². The second-order valence-corrected chi connectivity index (χ2v) is 6.89. The maximum absolute atomic E-state index is 12.0. The predicted molar refractivity (Wildman–Crippen MR) is 103 cm³/mol. The van der Waals surface area contributed by atoms with Crippen LogP contribution in [0, 0.1) is 6.92 Å². The Hall–Kier alpha value is -2.65. The minimum atomic E-state index is -0.149. The summed E-state index contributed by atoms with van der Waals surface area (Å²) in [5.74, 6) is 7.91. The first-order valence-electron chi connectivity index (χ1n) is 8.07. The third-order valence-corrected chi connectivity index (χ3v) is 4.80. The van der Waals surface area contributed by atoms with Crippen LogP contribution < -0.4 is 15.9 Å². The maximum Gasteiger partial charge on any atom is 0.230 e. The molecule has 2 aromatic heterocycles. The lowest BCUT2D eigenvalue weighted by Crippen LogP contribution is -2.29. The molecule has 0 saturated heterocycles. The molecule has 1 aromatic carbocycles. The lowest BCUT2D eigenvalue weighted by atomic mass is 10.2. The molecule has 0 aliphatic carbocycles. The van der Waals surface area contributed by atoms with Crippen molar-refractivity contribution in [3.05, 3.63) is 47.4 Å². The van der Waals surface area contributed by atoms with E-state index in [2.05, 4.69) is 15.5 Å². The molecule has 0 fully saturated rings. The van der Waals surface area contributed by atoms with Crippen molar-refractivity contribution in [3.8, 4) is 17.1 Å². The number of halogens is 1. The Morgan fingerprint density at radius 2 is 2.11 bits per heavy atom. The van der Waals surface area contributed by atoms with E-state index >= 15 is 0 Å². The molecule has 1 amide bonds. The Balaban J connectivity index is 1.42. The highest BCUT2D eigenvalue weighted by Crippen LogP contribution is 2.24. The summed E-state index contributed by atoms with van der Waals surface area (Å²) in [6, 6.07) is 8.80. The molecule has 0 saturated carbocycles. The van der Waals surface area contributed by atoms with E-state index in [-0.39, 0.29) is 11.7 Å². The molecule has 0 atom stereocenters. The summed E-state index contributed by atoms with van der Waals surface area (Å²) in [7, 11) is 0. The summed E-state index contributed by atoms with van der Waals surface area (Å²) in [5, 5.41) is 11.9. The molecule has 10 heteroatoms. The summed E-state index contributed by atoms with van der Waals surface area (Å²) in [6.07, 6.45) is 1.56. The molecule has 0 aliphatic heterocycles. The Morgan fingerprint density at radius 1 is 1.33 bits per heavy atom. The molecule has 2 heterocycles. The fourth-order valence-corrected chi connectivity index (χ4v) is 3.06. The highest BCUT2D eigenvalue weighted by atomic mass is 35.5. The molecular formula is C17H18ClN5O3S. The van der Waals surface area contributed by atoms with E-state index in [1.165, 1.54) is 16.4 Å². The SMILES string of the molecule is Cc1occc1-c1nnc(SCC(=O)NCCOc2ccc(Cl)cc2)n1N. The van der Waals surface area contributed by atoms with Crippen LogP contribution in [0.1, 0.15) is 5.76 Å². The number of thioether (sulfide) groups is 1. The van der Waals surface area contributed by atoms with Gasteiger partial charge in [0.1, 0.15) is 18.1 Å². The fourth-order valence-electron chi connectivity index (χ4n) is 2.25. The predicted octanol–water partition coefficient (Wildman–Crippen LogP) is 2.50. The first-order valence-corrected chi connectivity index (χ1v) is 9.44. The monoisotopic (exact) mass is 407 g/mol. The van der Waals surface area contributed by atoms with Crippen LogP contribution in [0.15, 0.2) is 46.2 Å². The largest absolute Gasteiger partial charge is 0.492 e. The van der Waals surface area contributed by atoms with Gasteiger partial charge in [-0.05, 0) is 37.3 Å². The first-order chi connectivity index (χ1) is 13.0. The number of ether oxygens (including phenoxy) is 1. The van der Waals surface area contributed by atoms with Crippen LogP contribution in [0.4, 0.5) is 0 Å². The van der Waals surface area contributed by atoms with Gasteiger partial charge in [-0.1, -0.05) is 23.4 Å². The quantitative estimate of drug-likeness (QED) is 0.335. The van der Waals surface area contributed by atoms with E-state index in [1.54, 1.807) is 36.6 Å². The zero-order chi connectivity index (χ0) is 19.2. The fraction of sp³-hybridized carbons (Fsp3) is 0.235. The Kier molecular flexibility index (Phi) is 6.25. The van der Waals surface area contributed by atoms with Crippen LogP contribution in [0.3, 0.4) is 0 Å². The maximum atomic E-state index is 12.0. The second-order valence-electron chi connectivity index (χ2n) is 5.51. The number of rotatable bonds is 8. The molecule has 0 bridgehead atoms. The Bertz CT molecular complexity index is 910. The lowest BCUT2D eigenvalue weighted by molar-refractivity contribution is -0.118. The van der Waals surface area contributed by atoms with Crippen LogP contribution in [0.25, 0.3) is 11.4 Å². The number of amides is 1. The number of benzene rings is 1. The third kappa shape index (κ3) is 4.95. The first kappa shape index (κ1) is 19.1. The number of carbonyl (C=O) groups excluding carboxylic acids is 1. The smallest absolute Gasteiger partial charge is 0.230 e. The van der Waals surface area contributed by atoms with E-state index in [9.17, 15) is 4.79 Å². The van der Waals surface area contributed by atoms with Crippen molar-refractivity contribution >= 4 is 29.3 Å². The van der Waals surface area contributed by atoms with E-state index in [0.29, 0.717) is 40.7 Å². The summed E-state index contributed by atoms with van der Waals surface area (Å²) < 4.78 is 12.1. The standard InChI is InChI=1S/C17H18ClN5O3S/c1-11-14(6-8-25-11)16-21-22-17(23(16)19)27-10-15(24)20-7-9-26-13-4-2-12(18)3-5-13/h2-6,8H,7,9-10,19H2,1H3,(H,20,24). The number of nitrogens with two attached hydrogens (primary N) is 1. The number of nitrogens with zero attached hydrogens (tertiary/aromatic N) is 3. The topological polar surface area (TPSA) is 108 Å². The molecule has 3 N–H and O–H groups in total. The van der Waals surface area contributed by atoms with Crippen LogP contribution in [0.2, 0.25) is 5.02 Å². The lowest BCUT2D eigenvalue weighted by Gasteiger charge is -2.08. The van der Waals surface area contributed by atoms with Gasteiger partial charge in [0.2, 0.25) is 11.1 Å². The minimum absolute atomic E-state index is 0.149. The van der Waals surface area contributed by atoms with Gasteiger partial charge >= 0.3 is 0 Å². The van der Waals surface area contributed by atoms with E-state index < -0.39 is 0 Å². The summed E-state index contributed by atoms with van der Waals surface area (Å²) >= 11 is 7.01. The zero-order valence-corrected chi connectivity index (χ0v) is 16.1. The number of carbonyl (C=O) groups is 1. The summed E-state index contributed by atoms with van der Waals surface area (Å²) in [4.78, 5) is 12.0. The number of hydrogen-bond donors (Lipinski definition) is 2. The van der Waals surface area contributed by atoms with Crippen molar-refractivity contribution in [3.63, 3.8) is 0 Å². The zero-order valence-electron chi connectivity index (χ0n) is 14.5. The second kappa shape index (κ2) is 8.83. The van der Waals surface area contributed by atoms with Crippen molar-refractivity contribution < 1.29 is 13.9 Å². The molecule has 142 valence electrons. The molecule has 0 unspecified atom stereocenters. The third-order valence-electron chi connectivity index (χ3n) is 3.60.